The number of carbonyl (C=O) groups excluding carboxylic acids is 2. The number of hydrogen-bond acceptors (Lipinski definition) is 4. The topological polar surface area (TPSA) is 46.6 Å². The van der Waals surface area contributed by atoms with Gasteiger partial charge in [-0.15, -0.1) is 0 Å². The Hall–Kier alpha value is -2.20. The van der Waals surface area contributed by atoms with Crippen LogP contribution >= 0.6 is 0 Å². The van der Waals surface area contributed by atoms with Crippen molar-refractivity contribution in [3.63, 3.8) is 0 Å². The van der Waals surface area contributed by atoms with Gasteiger partial charge in [-0.25, -0.2) is 0 Å². The first kappa shape index (κ1) is 24.2. The molecule has 1 saturated heterocycles. The fraction of sp³-hybridized carbons (Fsp3) is 0.625. The van der Waals surface area contributed by atoms with E-state index < -0.39 is 5.60 Å². The van der Waals surface area contributed by atoms with Gasteiger partial charge in [0, 0.05) is 43.6 Å². The lowest BCUT2D eigenvalue weighted by Gasteiger charge is -2.52. The van der Waals surface area contributed by atoms with Gasteiger partial charge in [-0.3, -0.25) is 9.59 Å². The first-order chi connectivity index (χ1) is 17.4. The molecule has 4 nitrogen and oxygen atoms in total. The van der Waals surface area contributed by atoms with E-state index in [-0.39, 0.29) is 22.9 Å². The van der Waals surface area contributed by atoms with Gasteiger partial charge in [-0.05, 0) is 111 Å². The van der Waals surface area contributed by atoms with Crippen molar-refractivity contribution in [3.8, 4) is 0 Å². The highest BCUT2D eigenvalue weighted by molar-refractivity contribution is 5.94. The average Bonchev–Trinajstić information content (AvgIpc) is 3.22. The lowest BCUT2D eigenvalue weighted by Crippen LogP contribution is -2.54. The maximum Gasteiger partial charge on any atom is 0.162 e. The van der Waals surface area contributed by atoms with Crippen LogP contribution in [0.25, 0.3) is 0 Å². The van der Waals surface area contributed by atoms with Gasteiger partial charge in [0.25, 0.3) is 0 Å². The second kappa shape index (κ2) is 8.97. The molecule has 4 heteroatoms. The zero-order valence-corrected chi connectivity index (χ0v) is 22.3. The van der Waals surface area contributed by atoms with Crippen molar-refractivity contribution in [1.29, 1.82) is 0 Å². The van der Waals surface area contributed by atoms with E-state index in [2.05, 4.69) is 36.1 Å². The monoisotopic (exact) mass is 487 g/mol. The van der Waals surface area contributed by atoms with Crippen LogP contribution in [0.1, 0.15) is 89.5 Å². The van der Waals surface area contributed by atoms with Crippen LogP contribution in [0.5, 0.6) is 0 Å². The summed E-state index contributed by atoms with van der Waals surface area (Å²) in [7, 11) is 1.74. The Morgan fingerprint density at radius 2 is 1.78 bits per heavy atom. The van der Waals surface area contributed by atoms with Crippen LogP contribution in [-0.4, -0.2) is 37.4 Å². The Kier molecular flexibility index (Phi) is 6.02. The summed E-state index contributed by atoms with van der Waals surface area (Å²) >= 11 is 0. The van der Waals surface area contributed by atoms with E-state index >= 15 is 0 Å². The summed E-state index contributed by atoms with van der Waals surface area (Å²) in [6.45, 7) is 6.34. The molecule has 1 unspecified atom stereocenters. The van der Waals surface area contributed by atoms with Gasteiger partial charge >= 0.3 is 0 Å². The van der Waals surface area contributed by atoms with Crippen LogP contribution in [-0.2, 0) is 14.3 Å². The Balaban J connectivity index is 1.36. The Morgan fingerprint density at radius 3 is 2.47 bits per heavy atom. The molecule has 192 valence electrons. The predicted molar refractivity (Wildman–Crippen MR) is 143 cm³/mol. The molecule has 6 rings (SSSR count). The van der Waals surface area contributed by atoms with Crippen molar-refractivity contribution < 1.29 is 14.3 Å². The molecule has 1 heterocycles. The molecule has 0 bridgehead atoms. The van der Waals surface area contributed by atoms with Gasteiger partial charge < -0.3 is 9.64 Å². The molecule has 2 saturated carbocycles. The van der Waals surface area contributed by atoms with E-state index in [9.17, 15) is 9.59 Å². The quantitative estimate of drug-likeness (QED) is 0.483. The molecule has 3 fully saturated rings. The summed E-state index contributed by atoms with van der Waals surface area (Å²) in [5.41, 5.74) is 6.19. The number of allylic oxidation sites excluding steroid dienone is 4. The first-order valence-electron chi connectivity index (χ1n) is 14.3. The van der Waals surface area contributed by atoms with Crippen LogP contribution in [0.2, 0.25) is 0 Å². The number of anilines is 1. The van der Waals surface area contributed by atoms with Gasteiger partial charge in [0.1, 0.15) is 5.60 Å². The minimum atomic E-state index is -0.643. The average molecular weight is 488 g/mol. The molecule has 0 aromatic heterocycles. The van der Waals surface area contributed by atoms with Gasteiger partial charge in [0.15, 0.2) is 11.6 Å². The zero-order valence-electron chi connectivity index (χ0n) is 22.3. The van der Waals surface area contributed by atoms with Crippen molar-refractivity contribution in [2.75, 3.05) is 25.1 Å². The van der Waals surface area contributed by atoms with E-state index in [0.717, 1.165) is 51.6 Å². The number of benzene rings is 1. The number of fused-ring (bicyclic) bond motifs is 4. The molecule has 1 aromatic carbocycles. The van der Waals surface area contributed by atoms with Gasteiger partial charge in [-0.1, -0.05) is 24.6 Å². The van der Waals surface area contributed by atoms with E-state index in [1.165, 1.54) is 41.7 Å². The second-order valence-electron chi connectivity index (χ2n) is 12.3. The Morgan fingerprint density at radius 1 is 1.03 bits per heavy atom. The third-order valence-corrected chi connectivity index (χ3v) is 10.8. The Bertz CT molecular complexity index is 1120. The molecule has 36 heavy (non-hydrogen) atoms. The Labute approximate surface area is 216 Å². The molecule has 1 aliphatic heterocycles. The molecule has 4 aliphatic carbocycles. The van der Waals surface area contributed by atoms with Crippen LogP contribution in [0.15, 0.2) is 47.1 Å². The van der Waals surface area contributed by atoms with E-state index in [0.29, 0.717) is 18.3 Å². The molecule has 0 amide bonds. The summed E-state index contributed by atoms with van der Waals surface area (Å²) in [6.07, 6.45) is 12.4. The molecule has 0 radical (unpaired) electrons. The molecule has 1 aromatic rings. The highest BCUT2D eigenvalue weighted by Gasteiger charge is 2.64. The fourth-order valence-corrected chi connectivity index (χ4v) is 9.04. The van der Waals surface area contributed by atoms with E-state index in [1.807, 2.05) is 6.08 Å². The van der Waals surface area contributed by atoms with Gasteiger partial charge in [0.05, 0.1) is 0 Å². The lowest BCUT2D eigenvalue weighted by atomic mass is 9.53. The number of nitrogens with zero attached hydrogens (tertiary/aromatic N) is 1. The maximum absolute atomic E-state index is 12.9. The number of hydrogen-bond donors (Lipinski definition) is 0. The van der Waals surface area contributed by atoms with Crippen molar-refractivity contribution in [2.45, 2.75) is 89.6 Å². The molecule has 5 atom stereocenters. The van der Waals surface area contributed by atoms with Crippen LogP contribution < -0.4 is 4.90 Å². The summed E-state index contributed by atoms with van der Waals surface area (Å²) in [4.78, 5) is 28.2. The third kappa shape index (κ3) is 3.50. The number of piperidine rings is 1. The summed E-state index contributed by atoms with van der Waals surface area (Å²) in [5, 5.41) is 0. The summed E-state index contributed by atoms with van der Waals surface area (Å²) in [6, 6.07) is 9.14. The number of rotatable bonds is 4. The minimum absolute atomic E-state index is 0.112. The van der Waals surface area contributed by atoms with Crippen molar-refractivity contribution >= 4 is 17.3 Å². The summed E-state index contributed by atoms with van der Waals surface area (Å²) < 4.78 is 6.06. The third-order valence-electron chi connectivity index (χ3n) is 10.8. The van der Waals surface area contributed by atoms with Crippen LogP contribution in [0.3, 0.4) is 0 Å². The number of ketones is 2. The highest BCUT2D eigenvalue weighted by Crippen LogP contribution is 2.65. The number of ether oxygens (including phenoxy) is 1. The lowest BCUT2D eigenvalue weighted by molar-refractivity contribution is -0.159. The van der Waals surface area contributed by atoms with Crippen molar-refractivity contribution in [3.05, 3.63) is 52.6 Å². The molecule has 0 spiro atoms. The second-order valence-corrected chi connectivity index (χ2v) is 12.3. The van der Waals surface area contributed by atoms with Crippen molar-refractivity contribution in [2.24, 2.45) is 17.3 Å². The predicted octanol–water partition coefficient (Wildman–Crippen LogP) is 6.55. The molecular weight excluding hydrogens is 446 g/mol. The minimum Gasteiger partial charge on any atom is -0.372 e. The summed E-state index contributed by atoms with van der Waals surface area (Å²) in [5.74, 6) is 1.60. The molecule has 5 aliphatic rings. The van der Waals surface area contributed by atoms with Gasteiger partial charge in [0.2, 0.25) is 0 Å². The van der Waals surface area contributed by atoms with E-state index in [1.54, 1.807) is 19.6 Å². The number of Topliss-reactive ketones (excluding diaryl/α,β-unsaturated/α-hetero) is 1. The SMILES string of the molecule is CO[C@]1(C(C)=O)CC[C@H]2[C@@H]3CCC4=CC(=O)CC(c5ccc(N6CCCCC6)cc5)C4=C3CC[C@@]21C. The van der Waals surface area contributed by atoms with Crippen LogP contribution in [0.4, 0.5) is 5.69 Å². The van der Waals surface area contributed by atoms with Crippen molar-refractivity contribution in [1.82, 2.24) is 0 Å². The normalized spacial score (nSPS) is 36.2. The van der Waals surface area contributed by atoms with E-state index in [4.69, 9.17) is 4.74 Å². The molecule has 0 N–H and O–H groups in total. The number of carbonyl (C=O) groups is 2. The highest BCUT2D eigenvalue weighted by atomic mass is 16.5. The fourth-order valence-electron chi connectivity index (χ4n) is 9.04. The zero-order chi connectivity index (χ0) is 25.1. The molecular formula is C32H41NO3. The first-order valence-corrected chi connectivity index (χ1v) is 14.3. The largest absolute Gasteiger partial charge is 0.372 e. The maximum atomic E-state index is 12.9. The van der Waals surface area contributed by atoms with Crippen LogP contribution in [0, 0.1) is 17.3 Å². The number of methoxy groups -OCH3 is 1. The standard InChI is InChI=1S/C32H41NO3/c1-21(34)32(36-3)16-14-29-26-12-9-23-19-25(35)20-28(30(23)27(26)13-15-31(29,32)2)22-7-10-24(11-8-22)33-17-5-4-6-18-33/h7-8,10-11,19,26,28-29H,4-6,9,12-18,20H2,1-3H3/t26-,28?,29+,31+,32+/m1/s1. The smallest absolute Gasteiger partial charge is 0.162 e. The van der Waals surface area contributed by atoms with Gasteiger partial charge in [-0.2, -0.15) is 0 Å².